The van der Waals surface area contributed by atoms with Crippen molar-refractivity contribution in [1.82, 2.24) is 19.8 Å². The summed E-state index contributed by atoms with van der Waals surface area (Å²) in [4.78, 5) is 26.0. The summed E-state index contributed by atoms with van der Waals surface area (Å²) >= 11 is 6.42. The van der Waals surface area contributed by atoms with E-state index in [2.05, 4.69) is 25.5 Å². The highest BCUT2D eigenvalue weighted by Crippen LogP contribution is 2.34. The Morgan fingerprint density at radius 3 is 2.44 bits per heavy atom. The average molecular weight is 629 g/mol. The van der Waals surface area contributed by atoms with E-state index in [0.29, 0.717) is 50.0 Å². The molecule has 13 heteroatoms. The molecule has 3 heterocycles. The van der Waals surface area contributed by atoms with Gasteiger partial charge in [0.2, 0.25) is 11.9 Å². The first-order valence-electron chi connectivity index (χ1n) is 14.3. The molecule has 1 saturated heterocycles. The van der Waals surface area contributed by atoms with E-state index in [1.807, 2.05) is 17.0 Å². The number of ether oxygens (including phenoxy) is 2. The van der Waals surface area contributed by atoms with Crippen molar-refractivity contribution in [2.24, 2.45) is 0 Å². The van der Waals surface area contributed by atoms with Crippen molar-refractivity contribution in [3.05, 3.63) is 58.7 Å². The molecule has 2 aromatic carbocycles. The van der Waals surface area contributed by atoms with Crippen LogP contribution in [0.2, 0.25) is 5.02 Å². The summed E-state index contributed by atoms with van der Waals surface area (Å²) in [5, 5.41) is 5.98. The molecular formula is C30H37ClN6O5S. The second-order valence-electron chi connectivity index (χ2n) is 10.8. The first-order valence-corrected chi connectivity index (χ1v) is 16.3. The maximum absolute atomic E-state index is 12.9. The number of aromatic nitrogens is 2. The Balaban J connectivity index is 1.33. The number of benzene rings is 2. The Kier molecular flexibility index (Phi) is 9.70. The second-order valence-corrected chi connectivity index (χ2v) is 13.7. The third-order valence-corrected chi connectivity index (χ3v) is 10.2. The zero-order chi connectivity index (χ0) is 30.6. The van der Waals surface area contributed by atoms with Gasteiger partial charge in [-0.3, -0.25) is 9.69 Å². The van der Waals surface area contributed by atoms with Gasteiger partial charge in [-0.1, -0.05) is 23.7 Å². The van der Waals surface area contributed by atoms with Crippen LogP contribution in [0.1, 0.15) is 25.0 Å². The maximum Gasteiger partial charge on any atom is 0.236 e. The third-order valence-electron chi connectivity index (χ3n) is 7.70. The number of hydrogen-bond donors (Lipinski definition) is 2. The highest BCUT2D eigenvalue weighted by molar-refractivity contribution is 7.92. The summed E-state index contributed by atoms with van der Waals surface area (Å²) in [5.74, 6) is 1.31. The largest absolute Gasteiger partial charge is 0.495 e. The van der Waals surface area contributed by atoms with Crippen molar-refractivity contribution in [2.75, 3.05) is 63.7 Å². The molecule has 1 fully saturated rings. The summed E-state index contributed by atoms with van der Waals surface area (Å²) in [6, 6.07) is 10.7. The number of para-hydroxylation sites is 1. The first kappa shape index (κ1) is 31.0. The van der Waals surface area contributed by atoms with E-state index < -0.39 is 15.1 Å². The molecule has 1 aromatic heterocycles. The third kappa shape index (κ3) is 7.20. The minimum absolute atomic E-state index is 0.142. The number of fused-ring (bicyclic) bond motifs is 1. The molecule has 1 amide bonds. The molecule has 0 unspecified atom stereocenters. The van der Waals surface area contributed by atoms with Gasteiger partial charge in [-0.15, -0.1) is 0 Å². The van der Waals surface area contributed by atoms with Gasteiger partial charge < -0.3 is 25.0 Å². The molecule has 0 aliphatic carbocycles. The standard InChI is InChI=1S/C30H37ClN6O5S/c1-20(2)43(39,40)27-7-5-4-6-24(27)33-29-23(31)18-32-30(35-29)34-25-16-21-8-10-36(11-9-22(21)17-26(25)41-3)19-28(38)37-12-14-42-15-13-37/h4-7,16-18,20H,8-15,19H2,1-3H3,(H2,32,33,34,35). The van der Waals surface area contributed by atoms with Gasteiger partial charge in [0, 0.05) is 26.2 Å². The van der Waals surface area contributed by atoms with Crippen LogP contribution in [0.15, 0.2) is 47.5 Å². The number of amides is 1. The number of methoxy groups -OCH3 is 1. The molecule has 43 heavy (non-hydrogen) atoms. The van der Waals surface area contributed by atoms with Gasteiger partial charge in [-0.2, -0.15) is 4.98 Å². The molecule has 0 spiro atoms. The molecule has 0 bridgehead atoms. The maximum atomic E-state index is 12.9. The van der Waals surface area contributed by atoms with Crippen molar-refractivity contribution in [2.45, 2.75) is 36.8 Å². The van der Waals surface area contributed by atoms with Crippen LogP contribution in [0, 0.1) is 0 Å². The molecule has 0 atom stereocenters. The highest BCUT2D eigenvalue weighted by Gasteiger charge is 2.24. The SMILES string of the molecule is COc1cc2c(cc1Nc1ncc(Cl)c(Nc3ccccc3S(=O)(=O)C(C)C)n1)CCN(CC(=O)N1CCOCC1)CC2. The lowest BCUT2D eigenvalue weighted by Gasteiger charge is -2.29. The summed E-state index contributed by atoms with van der Waals surface area (Å²) in [6.45, 7) is 7.70. The number of hydrogen-bond acceptors (Lipinski definition) is 10. The van der Waals surface area contributed by atoms with Crippen molar-refractivity contribution in [1.29, 1.82) is 0 Å². The number of morpholine rings is 1. The fourth-order valence-corrected chi connectivity index (χ4v) is 6.50. The number of rotatable bonds is 9. The minimum Gasteiger partial charge on any atom is -0.495 e. The summed E-state index contributed by atoms with van der Waals surface area (Å²) in [6.07, 6.45) is 3.03. The molecule has 0 saturated carbocycles. The van der Waals surface area contributed by atoms with Crippen LogP contribution in [-0.4, -0.2) is 92.4 Å². The number of carbonyl (C=O) groups is 1. The lowest BCUT2D eigenvalue weighted by Crippen LogP contribution is -2.46. The smallest absolute Gasteiger partial charge is 0.236 e. The molecule has 11 nitrogen and oxygen atoms in total. The fraction of sp³-hybridized carbons (Fsp3) is 0.433. The van der Waals surface area contributed by atoms with E-state index in [1.165, 1.54) is 11.8 Å². The predicted octanol–water partition coefficient (Wildman–Crippen LogP) is 4.07. The number of nitrogens with zero attached hydrogens (tertiary/aromatic N) is 4. The van der Waals surface area contributed by atoms with Crippen molar-refractivity contribution in [3.63, 3.8) is 0 Å². The van der Waals surface area contributed by atoms with Gasteiger partial charge in [0.25, 0.3) is 0 Å². The van der Waals surface area contributed by atoms with Crippen LogP contribution in [0.25, 0.3) is 0 Å². The Morgan fingerprint density at radius 2 is 1.74 bits per heavy atom. The Morgan fingerprint density at radius 1 is 1.05 bits per heavy atom. The van der Waals surface area contributed by atoms with Crippen molar-refractivity contribution in [3.8, 4) is 5.75 Å². The van der Waals surface area contributed by atoms with Gasteiger partial charge in [-0.05, 0) is 62.1 Å². The van der Waals surface area contributed by atoms with E-state index in [4.69, 9.17) is 21.1 Å². The monoisotopic (exact) mass is 628 g/mol. The molecule has 5 rings (SSSR count). The van der Waals surface area contributed by atoms with E-state index in [1.54, 1.807) is 45.2 Å². The Hall–Kier alpha value is -3.45. The van der Waals surface area contributed by atoms with Gasteiger partial charge in [-0.25, -0.2) is 13.4 Å². The fourth-order valence-electron chi connectivity index (χ4n) is 5.16. The molecule has 2 N–H and O–H groups in total. The van der Waals surface area contributed by atoms with Gasteiger partial charge >= 0.3 is 0 Å². The molecule has 230 valence electrons. The van der Waals surface area contributed by atoms with Crippen LogP contribution in [0.3, 0.4) is 0 Å². The number of nitrogens with one attached hydrogen (secondary N) is 2. The number of anilines is 4. The second kappa shape index (κ2) is 13.5. The predicted molar refractivity (Wildman–Crippen MR) is 167 cm³/mol. The minimum atomic E-state index is -3.55. The Labute approximate surface area is 257 Å². The lowest BCUT2D eigenvalue weighted by atomic mass is 10.0. The molecule has 0 radical (unpaired) electrons. The summed E-state index contributed by atoms with van der Waals surface area (Å²) in [5.41, 5.74) is 3.40. The van der Waals surface area contributed by atoms with Crippen LogP contribution >= 0.6 is 11.6 Å². The summed E-state index contributed by atoms with van der Waals surface area (Å²) < 4.78 is 37.0. The van der Waals surface area contributed by atoms with E-state index >= 15 is 0 Å². The Bertz CT molecular complexity index is 1580. The van der Waals surface area contributed by atoms with Crippen molar-refractivity contribution >= 4 is 50.5 Å². The van der Waals surface area contributed by atoms with Crippen LogP contribution in [0.5, 0.6) is 5.75 Å². The van der Waals surface area contributed by atoms with Crippen LogP contribution in [0.4, 0.5) is 23.1 Å². The molecule has 2 aliphatic rings. The normalized spacial score (nSPS) is 16.0. The van der Waals surface area contributed by atoms with Gasteiger partial charge in [0.15, 0.2) is 15.7 Å². The van der Waals surface area contributed by atoms with Crippen LogP contribution in [-0.2, 0) is 32.2 Å². The van der Waals surface area contributed by atoms with Crippen LogP contribution < -0.4 is 15.4 Å². The lowest BCUT2D eigenvalue weighted by molar-refractivity contribution is -0.136. The van der Waals surface area contributed by atoms with Gasteiger partial charge in [0.1, 0.15) is 10.8 Å². The molecule has 3 aromatic rings. The first-order chi connectivity index (χ1) is 20.7. The number of halogens is 1. The number of sulfone groups is 1. The summed E-state index contributed by atoms with van der Waals surface area (Å²) in [7, 11) is -1.94. The highest BCUT2D eigenvalue weighted by atomic mass is 35.5. The quantitative estimate of drug-likeness (QED) is 0.358. The van der Waals surface area contributed by atoms with Gasteiger partial charge in [0.05, 0.1) is 54.6 Å². The van der Waals surface area contributed by atoms with E-state index in [0.717, 1.165) is 31.5 Å². The molecular weight excluding hydrogens is 592 g/mol. The van der Waals surface area contributed by atoms with E-state index in [-0.39, 0.29) is 27.6 Å². The zero-order valence-electron chi connectivity index (χ0n) is 24.6. The zero-order valence-corrected chi connectivity index (χ0v) is 26.2. The topological polar surface area (TPSA) is 126 Å². The van der Waals surface area contributed by atoms with Crippen molar-refractivity contribution < 1.29 is 22.7 Å². The number of carbonyl (C=O) groups excluding carboxylic acids is 1. The van der Waals surface area contributed by atoms with E-state index in [9.17, 15) is 13.2 Å². The molecule has 2 aliphatic heterocycles. The average Bonchev–Trinajstić information content (AvgIpc) is 3.20.